The SMILES string of the molecule is CC1CCN(C2CCCN(C)C2)CC1CN. The zero-order valence-corrected chi connectivity index (χ0v) is 10.9. The lowest BCUT2D eigenvalue weighted by atomic mass is 9.86. The largest absolute Gasteiger partial charge is 0.330 e. The van der Waals surface area contributed by atoms with Gasteiger partial charge in [0, 0.05) is 19.1 Å². The van der Waals surface area contributed by atoms with E-state index in [0.717, 1.165) is 24.4 Å². The van der Waals surface area contributed by atoms with Crippen molar-refractivity contribution < 1.29 is 0 Å². The molecule has 2 saturated heterocycles. The van der Waals surface area contributed by atoms with E-state index < -0.39 is 0 Å². The molecule has 2 fully saturated rings. The van der Waals surface area contributed by atoms with E-state index in [2.05, 4.69) is 23.8 Å². The molecule has 0 spiro atoms. The van der Waals surface area contributed by atoms with Crippen LogP contribution in [0.5, 0.6) is 0 Å². The second kappa shape index (κ2) is 5.48. The van der Waals surface area contributed by atoms with Crippen LogP contribution < -0.4 is 5.73 Å². The Morgan fingerprint density at radius 1 is 1.19 bits per heavy atom. The van der Waals surface area contributed by atoms with E-state index in [1.807, 2.05) is 0 Å². The minimum Gasteiger partial charge on any atom is -0.330 e. The molecule has 2 rings (SSSR count). The second-order valence-electron chi connectivity index (χ2n) is 5.81. The van der Waals surface area contributed by atoms with Gasteiger partial charge in [-0.25, -0.2) is 0 Å². The maximum absolute atomic E-state index is 5.88. The highest BCUT2D eigenvalue weighted by Crippen LogP contribution is 2.26. The zero-order valence-electron chi connectivity index (χ0n) is 10.9. The lowest BCUT2D eigenvalue weighted by Crippen LogP contribution is -2.52. The van der Waals surface area contributed by atoms with Gasteiger partial charge in [-0.2, -0.15) is 0 Å². The van der Waals surface area contributed by atoms with Crippen molar-refractivity contribution in [3.05, 3.63) is 0 Å². The van der Waals surface area contributed by atoms with Gasteiger partial charge < -0.3 is 10.6 Å². The summed E-state index contributed by atoms with van der Waals surface area (Å²) in [6, 6.07) is 0.792. The molecule has 0 amide bonds. The Bertz CT molecular complexity index is 219. The molecule has 94 valence electrons. The predicted octanol–water partition coefficient (Wildman–Crippen LogP) is 0.997. The molecule has 2 aliphatic heterocycles. The van der Waals surface area contributed by atoms with Crippen LogP contribution in [0, 0.1) is 11.8 Å². The number of hydrogen-bond donors (Lipinski definition) is 1. The van der Waals surface area contributed by atoms with E-state index in [-0.39, 0.29) is 0 Å². The molecule has 0 aromatic carbocycles. The predicted molar refractivity (Wildman–Crippen MR) is 68.4 cm³/mol. The summed E-state index contributed by atoms with van der Waals surface area (Å²) in [6.07, 6.45) is 4.08. The van der Waals surface area contributed by atoms with E-state index in [4.69, 9.17) is 5.73 Å². The third kappa shape index (κ3) is 2.76. The van der Waals surface area contributed by atoms with Gasteiger partial charge in [0.1, 0.15) is 0 Å². The third-order valence-corrected chi connectivity index (χ3v) is 4.56. The van der Waals surface area contributed by atoms with Gasteiger partial charge in [0.2, 0.25) is 0 Å². The fourth-order valence-electron chi connectivity index (χ4n) is 3.25. The number of rotatable bonds is 2. The average molecular weight is 225 g/mol. The first-order valence-corrected chi connectivity index (χ1v) is 6.83. The number of likely N-dealkylation sites (N-methyl/N-ethyl adjacent to an activating group) is 1. The van der Waals surface area contributed by atoms with Gasteiger partial charge in [0.05, 0.1) is 0 Å². The van der Waals surface area contributed by atoms with Crippen molar-refractivity contribution in [3.63, 3.8) is 0 Å². The molecule has 3 unspecified atom stereocenters. The molecule has 2 heterocycles. The number of nitrogens with zero attached hydrogens (tertiary/aromatic N) is 2. The van der Waals surface area contributed by atoms with E-state index in [1.165, 1.54) is 45.4 Å². The van der Waals surface area contributed by atoms with Gasteiger partial charge in [-0.15, -0.1) is 0 Å². The molecule has 0 saturated carbocycles. The highest BCUT2D eigenvalue weighted by molar-refractivity contribution is 4.86. The van der Waals surface area contributed by atoms with Crippen LogP contribution in [0.15, 0.2) is 0 Å². The van der Waals surface area contributed by atoms with Gasteiger partial charge in [-0.05, 0) is 57.8 Å². The molecule has 0 bridgehead atoms. The number of piperidine rings is 2. The van der Waals surface area contributed by atoms with Crippen molar-refractivity contribution in [2.45, 2.75) is 32.2 Å². The Kier molecular flexibility index (Phi) is 4.22. The van der Waals surface area contributed by atoms with E-state index in [9.17, 15) is 0 Å². The first-order valence-electron chi connectivity index (χ1n) is 6.83. The molecule has 0 aromatic heterocycles. The summed E-state index contributed by atoms with van der Waals surface area (Å²) < 4.78 is 0. The smallest absolute Gasteiger partial charge is 0.0223 e. The van der Waals surface area contributed by atoms with Gasteiger partial charge in [0.15, 0.2) is 0 Å². The molecule has 0 aliphatic carbocycles. The topological polar surface area (TPSA) is 32.5 Å². The summed E-state index contributed by atoms with van der Waals surface area (Å²) in [5.41, 5.74) is 5.88. The standard InChI is InChI=1S/C13H27N3/c1-11-5-7-16(9-12(11)8-14)13-4-3-6-15(2)10-13/h11-13H,3-10,14H2,1-2H3. The highest BCUT2D eigenvalue weighted by Gasteiger charge is 2.30. The summed E-state index contributed by atoms with van der Waals surface area (Å²) in [7, 11) is 2.25. The molecule has 3 nitrogen and oxygen atoms in total. The van der Waals surface area contributed by atoms with Crippen LogP contribution in [-0.2, 0) is 0 Å². The molecule has 3 atom stereocenters. The summed E-state index contributed by atoms with van der Waals surface area (Å²) >= 11 is 0. The third-order valence-electron chi connectivity index (χ3n) is 4.56. The minimum atomic E-state index is 0.723. The molecule has 0 aromatic rings. The van der Waals surface area contributed by atoms with E-state index >= 15 is 0 Å². The van der Waals surface area contributed by atoms with Crippen molar-refractivity contribution >= 4 is 0 Å². The van der Waals surface area contributed by atoms with Crippen LogP contribution in [0.25, 0.3) is 0 Å². The first-order chi connectivity index (χ1) is 7.70. The quantitative estimate of drug-likeness (QED) is 0.761. The monoisotopic (exact) mass is 225 g/mol. The number of nitrogens with two attached hydrogens (primary N) is 1. The molecule has 3 heteroatoms. The van der Waals surface area contributed by atoms with Crippen LogP contribution in [0.2, 0.25) is 0 Å². The molecular weight excluding hydrogens is 198 g/mol. The summed E-state index contributed by atoms with van der Waals surface area (Å²) in [6.45, 7) is 8.28. The molecule has 0 radical (unpaired) electrons. The normalized spacial score (nSPS) is 38.8. The minimum absolute atomic E-state index is 0.723. The first kappa shape index (κ1) is 12.3. The fourth-order valence-corrected chi connectivity index (χ4v) is 3.25. The van der Waals surface area contributed by atoms with E-state index in [1.54, 1.807) is 0 Å². The van der Waals surface area contributed by atoms with Crippen LogP contribution >= 0.6 is 0 Å². The summed E-state index contributed by atoms with van der Waals surface area (Å²) in [4.78, 5) is 5.18. The maximum Gasteiger partial charge on any atom is 0.0223 e. The average Bonchev–Trinajstić information content (AvgIpc) is 2.29. The van der Waals surface area contributed by atoms with E-state index in [0.29, 0.717) is 0 Å². The summed E-state index contributed by atoms with van der Waals surface area (Å²) in [5.74, 6) is 1.54. The molecule has 16 heavy (non-hydrogen) atoms. The van der Waals surface area contributed by atoms with Crippen molar-refractivity contribution in [2.75, 3.05) is 39.8 Å². The Morgan fingerprint density at radius 2 is 2.00 bits per heavy atom. The summed E-state index contributed by atoms with van der Waals surface area (Å²) in [5, 5.41) is 0. The van der Waals surface area contributed by atoms with Crippen molar-refractivity contribution in [1.82, 2.24) is 9.80 Å². The number of likely N-dealkylation sites (tertiary alicyclic amines) is 2. The fraction of sp³-hybridized carbons (Fsp3) is 1.00. The van der Waals surface area contributed by atoms with Crippen molar-refractivity contribution in [2.24, 2.45) is 17.6 Å². The van der Waals surface area contributed by atoms with Crippen LogP contribution in [0.4, 0.5) is 0 Å². The van der Waals surface area contributed by atoms with Gasteiger partial charge in [0.25, 0.3) is 0 Å². The van der Waals surface area contributed by atoms with Crippen molar-refractivity contribution in [3.8, 4) is 0 Å². The zero-order chi connectivity index (χ0) is 11.5. The Morgan fingerprint density at radius 3 is 2.69 bits per heavy atom. The van der Waals surface area contributed by atoms with Gasteiger partial charge >= 0.3 is 0 Å². The van der Waals surface area contributed by atoms with Gasteiger partial charge in [-0.1, -0.05) is 6.92 Å². The van der Waals surface area contributed by atoms with Crippen molar-refractivity contribution in [1.29, 1.82) is 0 Å². The highest BCUT2D eigenvalue weighted by atomic mass is 15.2. The lowest BCUT2D eigenvalue weighted by molar-refractivity contribution is 0.0533. The lowest BCUT2D eigenvalue weighted by Gasteiger charge is -2.44. The number of hydrogen-bond acceptors (Lipinski definition) is 3. The Balaban J connectivity index is 1.89. The molecule has 2 N–H and O–H groups in total. The van der Waals surface area contributed by atoms with Crippen LogP contribution in [-0.4, -0.2) is 55.6 Å². The maximum atomic E-state index is 5.88. The molecular formula is C13H27N3. The van der Waals surface area contributed by atoms with Crippen LogP contribution in [0.1, 0.15) is 26.2 Å². The van der Waals surface area contributed by atoms with Gasteiger partial charge in [-0.3, -0.25) is 4.90 Å². The van der Waals surface area contributed by atoms with Crippen LogP contribution in [0.3, 0.4) is 0 Å². The second-order valence-corrected chi connectivity index (χ2v) is 5.81. The molecule has 2 aliphatic rings. The Labute approximate surface area is 100.0 Å². The Hall–Kier alpha value is -0.120.